The van der Waals surface area contributed by atoms with Gasteiger partial charge in [0.15, 0.2) is 0 Å². The van der Waals surface area contributed by atoms with Gasteiger partial charge in [0.1, 0.15) is 5.02 Å². The van der Waals surface area contributed by atoms with E-state index >= 15 is 0 Å². The highest BCUT2D eigenvalue weighted by atomic mass is 35.5. The lowest BCUT2D eigenvalue weighted by atomic mass is 9.82. The fourth-order valence-corrected chi connectivity index (χ4v) is 2.48. The van der Waals surface area contributed by atoms with Crippen LogP contribution >= 0.6 is 11.6 Å². The van der Waals surface area contributed by atoms with E-state index in [0.29, 0.717) is 24.2 Å². The van der Waals surface area contributed by atoms with Crippen molar-refractivity contribution in [3.8, 4) is 0 Å². The molecule has 5 heteroatoms. The van der Waals surface area contributed by atoms with Gasteiger partial charge >= 0.3 is 0 Å². The Kier molecular flexibility index (Phi) is 3.95. The lowest BCUT2D eigenvalue weighted by Gasteiger charge is -2.34. The maximum atomic E-state index is 12.0. The van der Waals surface area contributed by atoms with Crippen LogP contribution in [0.15, 0.2) is 11.0 Å². The minimum atomic E-state index is -0.206. The first-order chi connectivity index (χ1) is 8.47. The molecule has 1 aliphatic rings. The molecule has 1 aromatic heterocycles. The van der Waals surface area contributed by atoms with Crippen LogP contribution in [-0.4, -0.2) is 15.8 Å². The highest BCUT2D eigenvalue weighted by Gasteiger charge is 2.26. The van der Waals surface area contributed by atoms with Gasteiger partial charge in [-0.25, -0.2) is 4.68 Å². The number of hydrogen-bond acceptors (Lipinski definition) is 3. The molecular weight excluding hydrogens is 250 g/mol. The van der Waals surface area contributed by atoms with E-state index in [-0.39, 0.29) is 10.6 Å². The Morgan fingerprint density at radius 1 is 1.56 bits per heavy atom. The normalized spacial score (nSPS) is 22.9. The van der Waals surface area contributed by atoms with Gasteiger partial charge in [-0.3, -0.25) is 4.79 Å². The SMILES string of the molecule is CC(C)Cn1ncc(NC2CC(C)C2)c(Cl)c1=O. The summed E-state index contributed by atoms with van der Waals surface area (Å²) in [5, 5.41) is 7.71. The second-order valence-corrected chi connectivity index (χ2v) is 6.05. The van der Waals surface area contributed by atoms with Crippen LogP contribution in [0.1, 0.15) is 33.6 Å². The number of hydrogen-bond donors (Lipinski definition) is 1. The molecule has 4 nitrogen and oxygen atoms in total. The summed E-state index contributed by atoms with van der Waals surface area (Å²) in [4.78, 5) is 12.0. The van der Waals surface area contributed by atoms with E-state index in [4.69, 9.17) is 11.6 Å². The van der Waals surface area contributed by atoms with Crippen molar-refractivity contribution in [2.24, 2.45) is 11.8 Å². The third-order valence-electron chi connectivity index (χ3n) is 3.26. The molecule has 1 fully saturated rings. The topological polar surface area (TPSA) is 46.9 Å². The Morgan fingerprint density at radius 2 is 2.22 bits per heavy atom. The Balaban J connectivity index is 2.13. The number of halogens is 1. The van der Waals surface area contributed by atoms with Crippen molar-refractivity contribution < 1.29 is 0 Å². The second kappa shape index (κ2) is 5.31. The van der Waals surface area contributed by atoms with Crippen molar-refractivity contribution in [3.63, 3.8) is 0 Å². The van der Waals surface area contributed by atoms with Crippen LogP contribution in [0.4, 0.5) is 5.69 Å². The highest BCUT2D eigenvalue weighted by Crippen LogP contribution is 2.30. The second-order valence-electron chi connectivity index (χ2n) is 5.67. The van der Waals surface area contributed by atoms with Crippen molar-refractivity contribution in [2.75, 3.05) is 5.32 Å². The number of nitrogens with zero attached hydrogens (tertiary/aromatic N) is 2. The third-order valence-corrected chi connectivity index (χ3v) is 3.62. The zero-order valence-electron chi connectivity index (χ0n) is 11.1. The van der Waals surface area contributed by atoms with Gasteiger partial charge in [0, 0.05) is 12.6 Å². The zero-order valence-corrected chi connectivity index (χ0v) is 11.9. The van der Waals surface area contributed by atoms with Crippen molar-refractivity contribution in [3.05, 3.63) is 21.6 Å². The van der Waals surface area contributed by atoms with Gasteiger partial charge in [0.25, 0.3) is 5.56 Å². The third kappa shape index (κ3) is 2.86. The summed E-state index contributed by atoms with van der Waals surface area (Å²) in [6, 6.07) is 0.430. The molecule has 1 saturated carbocycles. The molecule has 0 atom stereocenters. The van der Waals surface area contributed by atoms with E-state index in [9.17, 15) is 4.79 Å². The van der Waals surface area contributed by atoms with E-state index < -0.39 is 0 Å². The summed E-state index contributed by atoms with van der Waals surface area (Å²) >= 11 is 6.11. The number of rotatable bonds is 4. The van der Waals surface area contributed by atoms with Gasteiger partial charge in [-0.1, -0.05) is 32.4 Å². The van der Waals surface area contributed by atoms with Gasteiger partial charge in [0.2, 0.25) is 0 Å². The first kappa shape index (κ1) is 13.4. The quantitative estimate of drug-likeness (QED) is 0.914. The van der Waals surface area contributed by atoms with E-state index in [1.807, 2.05) is 13.8 Å². The molecule has 1 heterocycles. The Morgan fingerprint density at radius 3 is 2.78 bits per heavy atom. The summed E-state index contributed by atoms with van der Waals surface area (Å²) in [6.07, 6.45) is 3.92. The average molecular weight is 270 g/mol. The fourth-order valence-electron chi connectivity index (χ4n) is 2.28. The lowest BCUT2D eigenvalue weighted by molar-refractivity contribution is 0.309. The Bertz CT molecular complexity index is 478. The maximum absolute atomic E-state index is 12.0. The van der Waals surface area contributed by atoms with Gasteiger partial charge in [-0.15, -0.1) is 0 Å². The molecule has 0 aromatic carbocycles. The minimum Gasteiger partial charge on any atom is -0.380 e. The van der Waals surface area contributed by atoms with Gasteiger partial charge < -0.3 is 5.32 Å². The fraction of sp³-hybridized carbons (Fsp3) is 0.692. The summed E-state index contributed by atoms with van der Waals surface area (Å²) in [5.41, 5.74) is 0.460. The summed E-state index contributed by atoms with van der Waals surface area (Å²) in [6.45, 7) is 6.91. The first-order valence-electron chi connectivity index (χ1n) is 6.49. The number of anilines is 1. The van der Waals surface area contributed by atoms with Crippen molar-refractivity contribution in [1.29, 1.82) is 0 Å². The molecule has 0 aliphatic heterocycles. The van der Waals surface area contributed by atoms with Crippen molar-refractivity contribution >= 4 is 17.3 Å². The smallest absolute Gasteiger partial charge is 0.287 e. The highest BCUT2D eigenvalue weighted by molar-refractivity contribution is 6.32. The summed E-state index contributed by atoms with van der Waals surface area (Å²) in [7, 11) is 0. The lowest BCUT2D eigenvalue weighted by Crippen LogP contribution is -2.35. The molecular formula is C13H20ClN3O. The molecule has 0 radical (unpaired) electrons. The van der Waals surface area contributed by atoms with E-state index in [1.54, 1.807) is 6.20 Å². The minimum absolute atomic E-state index is 0.206. The number of nitrogens with one attached hydrogen (secondary N) is 1. The molecule has 0 bridgehead atoms. The Hall–Kier alpha value is -1.03. The van der Waals surface area contributed by atoms with Crippen LogP contribution in [0, 0.1) is 11.8 Å². The van der Waals surface area contributed by atoms with Crippen LogP contribution in [-0.2, 0) is 6.54 Å². The largest absolute Gasteiger partial charge is 0.380 e. The molecule has 1 N–H and O–H groups in total. The molecule has 18 heavy (non-hydrogen) atoms. The number of aromatic nitrogens is 2. The maximum Gasteiger partial charge on any atom is 0.287 e. The predicted molar refractivity (Wildman–Crippen MR) is 74.2 cm³/mol. The van der Waals surface area contributed by atoms with E-state index in [0.717, 1.165) is 18.8 Å². The first-order valence-corrected chi connectivity index (χ1v) is 6.87. The molecule has 1 aromatic rings. The van der Waals surface area contributed by atoms with Gasteiger partial charge in [-0.2, -0.15) is 5.10 Å². The van der Waals surface area contributed by atoms with Crippen LogP contribution in [0.3, 0.4) is 0 Å². The average Bonchev–Trinajstić information content (AvgIpc) is 2.26. The van der Waals surface area contributed by atoms with Crippen molar-refractivity contribution in [1.82, 2.24) is 9.78 Å². The molecule has 0 spiro atoms. The van der Waals surface area contributed by atoms with Crippen LogP contribution < -0.4 is 10.9 Å². The van der Waals surface area contributed by atoms with Crippen LogP contribution in [0.5, 0.6) is 0 Å². The van der Waals surface area contributed by atoms with Crippen LogP contribution in [0.2, 0.25) is 5.02 Å². The molecule has 0 amide bonds. The zero-order chi connectivity index (χ0) is 13.3. The van der Waals surface area contributed by atoms with Gasteiger partial charge in [0.05, 0.1) is 11.9 Å². The predicted octanol–water partition coefficient (Wildman–Crippen LogP) is 2.76. The summed E-state index contributed by atoms with van der Waals surface area (Å²) < 4.78 is 1.43. The molecule has 1 aliphatic carbocycles. The monoisotopic (exact) mass is 269 g/mol. The Labute approximate surface area is 112 Å². The standard InChI is InChI=1S/C13H20ClN3O/c1-8(2)7-17-13(18)12(14)11(6-15-17)16-10-4-9(3)5-10/h6,8-10,16H,4-5,7H2,1-3H3. The van der Waals surface area contributed by atoms with Crippen LogP contribution in [0.25, 0.3) is 0 Å². The molecule has 0 unspecified atom stereocenters. The molecule has 2 rings (SSSR count). The van der Waals surface area contributed by atoms with Crippen molar-refractivity contribution in [2.45, 2.75) is 46.2 Å². The molecule has 100 valence electrons. The summed E-state index contributed by atoms with van der Waals surface area (Å²) in [5.74, 6) is 1.13. The van der Waals surface area contributed by atoms with Gasteiger partial charge in [-0.05, 0) is 24.7 Å². The van der Waals surface area contributed by atoms with E-state index in [2.05, 4.69) is 17.3 Å². The van der Waals surface area contributed by atoms with E-state index in [1.165, 1.54) is 4.68 Å². The molecule has 0 saturated heterocycles.